The number of hydrogen-bond acceptors (Lipinski definition) is 4. The number of aryl methyl sites for hydroxylation is 1. The van der Waals surface area contributed by atoms with Gasteiger partial charge in [-0.2, -0.15) is 13.2 Å². The van der Waals surface area contributed by atoms with Crippen LogP contribution in [0.2, 0.25) is 0 Å². The average Bonchev–Trinajstić information content (AvgIpc) is 2.90. The zero-order valence-electron chi connectivity index (χ0n) is 12.6. The van der Waals surface area contributed by atoms with Gasteiger partial charge >= 0.3 is 12.1 Å². The standard InChI is InChI=1S/C15H15F3N2O3/c1-10-3-4-12(11(7-10)14(21)22-2)23-8-13-19-5-6-20(13)9-15(16,17)18/h3-7H,8-9H2,1-2H3. The largest absolute Gasteiger partial charge is 0.485 e. The van der Waals surface area contributed by atoms with Gasteiger partial charge in [-0.1, -0.05) is 11.6 Å². The smallest absolute Gasteiger partial charge is 0.406 e. The van der Waals surface area contributed by atoms with Crippen molar-refractivity contribution in [3.63, 3.8) is 0 Å². The lowest BCUT2D eigenvalue weighted by atomic mass is 10.1. The highest BCUT2D eigenvalue weighted by Crippen LogP contribution is 2.23. The van der Waals surface area contributed by atoms with Crippen molar-refractivity contribution in [1.82, 2.24) is 9.55 Å². The molecule has 8 heteroatoms. The van der Waals surface area contributed by atoms with Crippen LogP contribution in [0.4, 0.5) is 13.2 Å². The van der Waals surface area contributed by atoms with Gasteiger partial charge in [-0.15, -0.1) is 0 Å². The first kappa shape index (κ1) is 16.9. The van der Waals surface area contributed by atoms with Crippen molar-refractivity contribution >= 4 is 5.97 Å². The fourth-order valence-corrected chi connectivity index (χ4v) is 2.00. The summed E-state index contributed by atoms with van der Waals surface area (Å²) in [5.41, 5.74) is 1.04. The molecule has 2 rings (SSSR count). The average molecular weight is 328 g/mol. The number of imidazole rings is 1. The van der Waals surface area contributed by atoms with Crippen LogP contribution in [-0.4, -0.2) is 28.8 Å². The zero-order chi connectivity index (χ0) is 17.0. The predicted octanol–water partition coefficient (Wildman–Crippen LogP) is 3.12. The first-order valence-electron chi connectivity index (χ1n) is 6.68. The summed E-state index contributed by atoms with van der Waals surface area (Å²) in [6, 6.07) is 4.88. The fourth-order valence-electron chi connectivity index (χ4n) is 2.00. The molecule has 1 aromatic carbocycles. The second kappa shape index (κ2) is 6.72. The molecule has 23 heavy (non-hydrogen) atoms. The molecule has 2 aromatic rings. The van der Waals surface area contributed by atoms with Crippen molar-refractivity contribution in [3.05, 3.63) is 47.5 Å². The normalized spacial score (nSPS) is 11.3. The summed E-state index contributed by atoms with van der Waals surface area (Å²) < 4.78 is 48.5. The minimum atomic E-state index is -4.35. The number of nitrogens with zero attached hydrogens (tertiary/aromatic N) is 2. The summed E-state index contributed by atoms with van der Waals surface area (Å²) >= 11 is 0. The van der Waals surface area contributed by atoms with E-state index < -0.39 is 18.7 Å². The molecule has 0 fully saturated rings. The van der Waals surface area contributed by atoms with E-state index in [0.29, 0.717) is 0 Å². The summed E-state index contributed by atoms with van der Waals surface area (Å²) in [6.07, 6.45) is -1.86. The van der Waals surface area contributed by atoms with E-state index in [2.05, 4.69) is 9.72 Å². The molecule has 0 atom stereocenters. The third-order valence-corrected chi connectivity index (χ3v) is 3.05. The molecule has 0 unspecified atom stereocenters. The van der Waals surface area contributed by atoms with E-state index in [1.807, 2.05) is 0 Å². The summed E-state index contributed by atoms with van der Waals surface area (Å²) in [6.45, 7) is 0.450. The predicted molar refractivity (Wildman–Crippen MR) is 75.1 cm³/mol. The van der Waals surface area contributed by atoms with E-state index in [9.17, 15) is 18.0 Å². The SMILES string of the molecule is COC(=O)c1cc(C)ccc1OCc1nccn1CC(F)(F)F. The van der Waals surface area contributed by atoms with Crippen LogP contribution < -0.4 is 4.74 Å². The van der Waals surface area contributed by atoms with Gasteiger partial charge in [0.15, 0.2) is 0 Å². The lowest BCUT2D eigenvalue weighted by molar-refractivity contribution is -0.141. The quantitative estimate of drug-likeness (QED) is 0.792. The number of hydrogen-bond donors (Lipinski definition) is 0. The zero-order valence-corrected chi connectivity index (χ0v) is 12.6. The van der Waals surface area contributed by atoms with Crippen molar-refractivity contribution in [2.75, 3.05) is 7.11 Å². The first-order valence-corrected chi connectivity index (χ1v) is 6.68. The molecule has 0 aliphatic rings. The number of ether oxygens (including phenoxy) is 2. The Morgan fingerprint density at radius 1 is 1.35 bits per heavy atom. The number of benzene rings is 1. The van der Waals surface area contributed by atoms with Gasteiger partial charge in [0.25, 0.3) is 0 Å². The van der Waals surface area contributed by atoms with Crippen LogP contribution in [-0.2, 0) is 17.9 Å². The topological polar surface area (TPSA) is 53.4 Å². The molecule has 0 spiro atoms. The van der Waals surface area contributed by atoms with Gasteiger partial charge in [0, 0.05) is 12.4 Å². The number of halogens is 3. The van der Waals surface area contributed by atoms with E-state index in [-0.39, 0.29) is 23.7 Å². The van der Waals surface area contributed by atoms with Crippen molar-refractivity contribution in [3.8, 4) is 5.75 Å². The molecule has 5 nitrogen and oxygen atoms in total. The maximum Gasteiger partial charge on any atom is 0.406 e. The molecule has 1 heterocycles. The van der Waals surface area contributed by atoms with Gasteiger partial charge in [0.05, 0.1) is 7.11 Å². The molecule has 0 aliphatic heterocycles. The van der Waals surface area contributed by atoms with Crippen LogP contribution in [0.1, 0.15) is 21.7 Å². The third kappa shape index (κ3) is 4.48. The van der Waals surface area contributed by atoms with Crippen molar-refractivity contribution < 1.29 is 27.4 Å². The Kier molecular flexibility index (Phi) is 4.92. The van der Waals surface area contributed by atoms with Crippen LogP contribution in [0, 0.1) is 6.92 Å². The van der Waals surface area contributed by atoms with E-state index in [1.165, 1.54) is 19.5 Å². The number of carbonyl (C=O) groups is 1. The summed E-state index contributed by atoms with van der Waals surface area (Å²) in [4.78, 5) is 15.6. The van der Waals surface area contributed by atoms with Crippen molar-refractivity contribution in [1.29, 1.82) is 0 Å². The number of carbonyl (C=O) groups excluding carboxylic acids is 1. The molecular formula is C15H15F3N2O3. The van der Waals surface area contributed by atoms with Gasteiger partial charge in [-0.05, 0) is 19.1 Å². The van der Waals surface area contributed by atoms with E-state index in [0.717, 1.165) is 10.1 Å². The van der Waals surface area contributed by atoms with Gasteiger partial charge in [0.2, 0.25) is 0 Å². The fraction of sp³-hybridized carbons (Fsp3) is 0.333. The number of methoxy groups -OCH3 is 1. The Bertz CT molecular complexity index is 696. The van der Waals surface area contributed by atoms with Gasteiger partial charge in [0.1, 0.15) is 30.3 Å². The third-order valence-electron chi connectivity index (χ3n) is 3.05. The molecule has 124 valence electrons. The maximum absolute atomic E-state index is 12.5. The van der Waals surface area contributed by atoms with Gasteiger partial charge < -0.3 is 14.0 Å². The van der Waals surface area contributed by atoms with Crippen molar-refractivity contribution in [2.24, 2.45) is 0 Å². The number of aromatic nitrogens is 2. The number of esters is 1. The molecular weight excluding hydrogens is 313 g/mol. The monoisotopic (exact) mass is 328 g/mol. The highest BCUT2D eigenvalue weighted by Gasteiger charge is 2.29. The second-order valence-electron chi connectivity index (χ2n) is 4.87. The van der Waals surface area contributed by atoms with Crippen LogP contribution in [0.15, 0.2) is 30.6 Å². The van der Waals surface area contributed by atoms with Gasteiger partial charge in [-0.25, -0.2) is 9.78 Å². The summed E-state index contributed by atoms with van der Waals surface area (Å²) in [7, 11) is 1.24. The Hall–Kier alpha value is -2.51. The summed E-state index contributed by atoms with van der Waals surface area (Å²) in [5.74, 6) is -0.245. The van der Waals surface area contributed by atoms with E-state index >= 15 is 0 Å². The highest BCUT2D eigenvalue weighted by molar-refractivity contribution is 5.92. The lowest BCUT2D eigenvalue weighted by Crippen LogP contribution is -2.20. The molecule has 0 radical (unpaired) electrons. The van der Waals surface area contributed by atoms with E-state index in [4.69, 9.17) is 4.74 Å². The van der Waals surface area contributed by atoms with E-state index in [1.54, 1.807) is 25.1 Å². The van der Waals surface area contributed by atoms with Crippen molar-refractivity contribution in [2.45, 2.75) is 26.3 Å². The Morgan fingerprint density at radius 2 is 2.09 bits per heavy atom. The summed E-state index contributed by atoms with van der Waals surface area (Å²) in [5, 5.41) is 0. The molecule has 0 aliphatic carbocycles. The maximum atomic E-state index is 12.5. The van der Waals surface area contributed by atoms with Crippen LogP contribution in [0.25, 0.3) is 0 Å². The lowest BCUT2D eigenvalue weighted by Gasteiger charge is -2.13. The van der Waals surface area contributed by atoms with Crippen LogP contribution in [0.3, 0.4) is 0 Å². The molecule has 0 saturated carbocycles. The second-order valence-corrected chi connectivity index (χ2v) is 4.87. The Balaban J connectivity index is 2.16. The molecule has 0 bridgehead atoms. The van der Waals surface area contributed by atoms with Gasteiger partial charge in [-0.3, -0.25) is 0 Å². The first-order chi connectivity index (χ1) is 10.8. The highest BCUT2D eigenvalue weighted by atomic mass is 19.4. The molecule has 1 aromatic heterocycles. The molecule has 0 saturated heterocycles. The van der Waals surface area contributed by atoms with Crippen LogP contribution in [0.5, 0.6) is 5.75 Å². The van der Waals surface area contributed by atoms with Crippen LogP contribution >= 0.6 is 0 Å². The minimum Gasteiger partial charge on any atom is -0.485 e. The molecule has 0 N–H and O–H groups in total. The number of rotatable bonds is 5. The number of alkyl halides is 3. The minimum absolute atomic E-state index is 0.110. The molecule has 0 amide bonds. The Labute approximate surface area is 130 Å². The Morgan fingerprint density at radius 3 is 2.74 bits per heavy atom.